The van der Waals surface area contributed by atoms with E-state index in [0.717, 1.165) is 11.8 Å². The van der Waals surface area contributed by atoms with Gasteiger partial charge in [0.2, 0.25) is 0 Å². The molecule has 0 bridgehead atoms. The SMILES string of the molecule is CCCCCCCCCCCCCCCCCCCCCC(C)CCCC(C)CCCCCCCCCCCCC. The normalized spacial score (nSPS) is 13.2. The van der Waals surface area contributed by atoms with Crippen LogP contribution in [0.2, 0.25) is 0 Å². The van der Waals surface area contributed by atoms with Crippen molar-refractivity contribution in [3.05, 3.63) is 0 Å². The van der Waals surface area contributed by atoms with Crippen molar-refractivity contribution >= 4 is 0 Å². The number of hydrogen-bond acceptors (Lipinski definition) is 0. The smallest absolute Gasteiger partial charge is 0.0443 e. The molecule has 0 nitrogen and oxygen atoms in total. The van der Waals surface area contributed by atoms with Gasteiger partial charge in [-0.05, 0) is 11.8 Å². The molecule has 2 atom stereocenters. The Morgan fingerprint density at radius 2 is 0.390 bits per heavy atom. The van der Waals surface area contributed by atoms with E-state index < -0.39 is 0 Å². The van der Waals surface area contributed by atoms with E-state index in [9.17, 15) is 0 Å². The van der Waals surface area contributed by atoms with Crippen molar-refractivity contribution in [1.82, 2.24) is 0 Å². The minimum Gasteiger partial charge on any atom is -0.0654 e. The first-order chi connectivity index (χ1) is 20.2. The fourth-order valence-corrected chi connectivity index (χ4v) is 6.83. The first kappa shape index (κ1) is 41.0. The summed E-state index contributed by atoms with van der Waals surface area (Å²) in [5.41, 5.74) is 0. The van der Waals surface area contributed by atoms with Crippen LogP contribution in [0.1, 0.15) is 252 Å². The lowest BCUT2D eigenvalue weighted by atomic mass is 9.92. The highest BCUT2D eigenvalue weighted by atomic mass is 14.1. The lowest BCUT2D eigenvalue weighted by Gasteiger charge is -2.14. The molecule has 0 spiro atoms. The first-order valence-electron chi connectivity index (χ1n) is 20.2. The summed E-state index contributed by atoms with van der Waals surface area (Å²) in [5.74, 6) is 1.91. The van der Waals surface area contributed by atoms with E-state index in [1.807, 2.05) is 0 Å². The topological polar surface area (TPSA) is 0 Å². The maximum Gasteiger partial charge on any atom is -0.0443 e. The van der Waals surface area contributed by atoms with Crippen molar-refractivity contribution in [3.63, 3.8) is 0 Å². The molecule has 248 valence electrons. The number of unbranched alkanes of at least 4 members (excludes halogenated alkanes) is 28. The van der Waals surface area contributed by atoms with Crippen LogP contribution in [0.15, 0.2) is 0 Å². The average molecular weight is 577 g/mol. The standard InChI is InChI=1S/C41H84/c1-5-7-9-11-13-15-17-18-19-20-21-22-23-24-26-28-30-32-34-37-41(4)39-35-38-40(3)36-33-31-29-27-25-16-14-12-10-8-6-2/h40-41H,5-39H2,1-4H3. The third kappa shape index (κ3) is 36.1. The zero-order chi connectivity index (χ0) is 29.9. The summed E-state index contributed by atoms with van der Waals surface area (Å²) in [6.45, 7) is 9.65. The monoisotopic (exact) mass is 577 g/mol. The van der Waals surface area contributed by atoms with Crippen molar-refractivity contribution in [2.45, 2.75) is 252 Å². The third-order valence-corrected chi connectivity index (χ3v) is 9.99. The second kappa shape index (κ2) is 36.2. The molecule has 0 N–H and O–H groups in total. The summed E-state index contributed by atoms with van der Waals surface area (Å²) in [7, 11) is 0. The van der Waals surface area contributed by atoms with Crippen LogP contribution >= 0.6 is 0 Å². The van der Waals surface area contributed by atoms with Crippen LogP contribution in [0.4, 0.5) is 0 Å². The van der Waals surface area contributed by atoms with Gasteiger partial charge >= 0.3 is 0 Å². The fourth-order valence-electron chi connectivity index (χ4n) is 6.83. The highest BCUT2D eigenvalue weighted by molar-refractivity contribution is 4.60. The maximum absolute atomic E-state index is 2.52. The molecule has 41 heavy (non-hydrogen) atoms. The Hall–Kier alpha value is 0. The zero-order valence-electron chi connectivity index (χ0n) is 29.9. The van der Waals surface area contributed by atoms with Crippen molar-refractivity contribution in [3.8, 4) is 0 Å². The quantitative estimate of drug-likeness (QED) is 0.0651. The number of rotatable bonds is 36. The highest BCUT2D eigenvalue weighted by Crippen LogP contribution is 2.22. The Kier molecular flexibility index (Phi) is 36.2. The predicted molar refractivity (Wildman–Crippen MR) is 191 cm³/mol. The predicted octanol–water partition coefficient (Wildman–Crippen LogP) is 16.0. The summed E-state index contributed by atoms with van der Waals surface area (Å²) >= 11 is 0. The molecule has 2 unspecified atom stereocenters. The van der Waals surface area contributed by atoms with E-state index in [-0.39, 0.29) is 0 Å². The Bertz CT molecular complexity index is 439. The molecule has 0 saturated carbocycles. The average Bonchev–Trinajstić information content (AvgIpc) is 2.97. The minimum atomic E-state index is 0.954. The second-order valence-corrected chi connectivity index (χ2v) is 14.6. The lowest BCUT2D eigenvalue weighted by Crippen LogP contribution is -1.99. The van der Waals surface area contributed by atoms with Gasteiger partial charge in [-0.25, -0.2) is 0 Å². The van der Waals surface area contributed by atoms with Gasteiger partial charge in [-0.1, -0.05) is 252 Å². The van der Waals surface area contributed by atoms with E-state index in [1.54, 1.807) is 0 Å². The van der Waals surface area contributed by atoms with Gasteiger partial charge in [0.25, 0.3) is 0 Å². The van der Waals surface area contributed by atoms with E-state index in [0.29, 0.717) is 0 Å². The van der Waals surface area contributed by atoms with Gasteiger partial charge in [-0.15, -0.1) is 0 Å². The molecule has 0 rings (SSSR count). The molecule has 0 aromatic heterocycles. The molecule has 0 aromatic rings. The summed E-state index contributed by atoms with van der Waals surface area (Å²) in [5, 5.41) is 0. The van der Waals surface area contributed by atoms with Crippen LogP contribution < -0.4 is 0 Å². The molecular formula is C41H84. The summed E-state index contributed by atoms with van der Waals surface area (Å²) in [6, 6.07) is 0. The van der Waals surface area contributed by atoms with Gasteiger partial charge in [0.1, 0.15) is 0 Å². The van der Waals surface area contributed by atoms with Gasteiger partial charge in [-0.2, -0.15) is 0 Å². The molecule has 0 amide bonds. The fraction of sp³-hybridized carbons (Fsp3) is 1.00. The zero-order valence-corrected chi connectivity index (χ0v) is 29.9. The van der Waals surface area contributed by atoms with E-state index in [4.69, 9.17) is 0 Å². The summed E-state index contributed by atoms with van der Waals surface area (Å²) in [6.07, 6.45) is 51.6. The van der Waals surface area contributed by atoms with E-state index >= 15 is 0 Å². The first-order valence-corrected chi connectivity index (χ1v) is 20.2. The van der Waals surface area contributed by atoms with Crippen LogP contribution in [0.3, 0.4) is 0 Å². The Balaban J connectivity index is 3.24. The van der Waals surface area contributed by atoms with Crippen molar-refractivity contribution in [2.75, 3.05) is 0 Å². The van der Waals surface area contributed by atoms with Crippen LogP contribution in [-0.2, 0) is 0 Å². The van der Waals surface area contributed by atoms with E-state index in [2.05, 4.69) is 27.7 Å². The molecule has 0 heteroatoms. The van der Waals surface area contributed by atoms with Gasteiger partial charge in [0.05, 0.1) is 0 Å². The molecule has 0 aliphatic rings. The minimum absolute atomic E-state index is 0.954. The molecule has 0 fully saturated rings. The van der Waals surface area contributed by atoms with Crippen molar-refractivity contribution in [2.24, 2.45) is 11.8 Å². The summed E-state index contributed by atoms with van der Waals surface area (Å²) < 4.78 is 0. The highest BCUT2D eigenvalue weighted by Gasteiger charge is 2.06. The summed E-state index contributed by atoms with van der Waals surface area (Å²) in [4.78, 5) is 0. The van der Waals surface area contributed by atoms with Crippen molar-refractivity contribution in [1.29, 1.82) is 0 Å². The molecule has 0 aromatic carbocycles. The Morgan fingerprint density at radius 1 is 0.220 bits per heavy atom. The molecule has 0 radical (unpaired) electrons. The van der Waals surface area contributed by atoms with Gasteiger partial charge < -0.3 is 0 Å². The molecule has 0 aliphatic carbocycles. The third-order valence-electron chi connectivity index (χ3n) is 9.99. The van der Waals surface area contributed by atoms with E-state index in [1.165, 1.54) is 225 Å². The molecule has 0 aliphatic heterocycles. The molecular weight excluding hydrogens is 492 g/mol. The van der Waals surface area contributed by atoms with Crippen LogP contribution in [0.5, 0.6) is 0 Å². The van der Waals surface area contributed by atoms with Crippen molar-refractivity contribution < 1.29 is 0 Å². The maximum atomic E-state index is 2.52. The lowest BCUT2D eigenvalue weighted by molar-refractivity contribution is 0.390. The Labute approximate surface area is 263 Å². The van der Waals surface area contributed by atoms with Gasteiger partial charge in [0.15, 0.2) is 0 Å². The van der Waals surface area contributed by atoms with Crippen LogP contribution in [-0.4, -0.2) is 0 Å². The van der Waals surface area contributed by atoms with Gasteiger partial charge in [0, 0.05) is 0 Å². The molecule has 0 heterocycles. The van der Waals surface area contributed by atoms with Crippen LogP contribution in [0.25, 0.3) is 0 Å². The van der Waals surface area contributed by atoms with Gasteiger partial charge in [-0.3, -0.25) is 0 Å². The number of hydrogen-bond donors (Lipinski definition) is 0. The van der Waals surface area contributed by atoms with Crippen LogP contribution in [0, 0.1) is 11.8 Å². The second-order valence-electron chi connectivity index (χ2n) is 14.6. The largest absolute Gasteiger partial charge is 0.0654 e. The Morgan fingerprint density at radius 3 is 0.610 bits per heavy atom. The molecule has 0 saturated heterocycles.